The van der Waals surface area contributed by atoms with Crippen LogP contribution in [0.1, 0.15) is 45.1 Å². The van der Waals surface area contributed by atoms with Crippen LogP contribution in [0.2, 0.25) is 0 Å². The highest BCUT2D eigenvalue weighted by molar-refractivity contribution is 6.13. The summed E-state index contributed by atoms with van der Waals surface area (Å²) in [4.78, 5) is 7.55. The Hall–Kier alpha value is -7.23. The predicted molar refractivity (Wildman–Crippen MR) is 233 cm³/mol. The number of fused-ring (bicyclic) bond motifs is 9. The van der Waals surface area contributed by atoms with Crippen molar-refractivity contribution in [3.63, 3.8) is 0 Å². The predicted octanol–water partition coefficient (Wildman–Crippen LogP) is 13.0. The van der Waals surface area contributed by atoms with Crippen molar-refractivity contribution < 1.29 is 4.74 Å². The maximum absolute atomic E-state index is 6.71. The summed E-state index contributed by atoms with van der Waals surface area (Å²) >= 11 is 0. The zero-order chi connectivity index (χ0) is 37.9. The maximum Gasteiger partial charge on any atom is 0.147 e. The SMILES string of the molecule is CN1C(c2cccc(-c3cccc(-c4ccc5c(c4)C4(c6ccccc6O5)c5ccccc5-c5ccccc54)c3)c2)=CC(c2ccccc2)=NC1c1ccccc1. The molecule has 8 aromatic rings. The van der Waals surface area contributed by atoms with Gasteiger partial charge in [-0.1, -0.05) is 170 Å². The fraction of sp³-hybridized carbons (Fsp3) is 0.0556. The van der Waals surface area contributed by atoms with Gasteiger partial charge in [-0.15, -0.1) is 0 Å². The number of allylic oxidation sites excluding steroid dienone is 1. The summed E-state index contributed by atoms with van der Waals surface area (Å²) in [6.07, 6.45) is 2.09. The molecule has 57 heavy (non-hydrogen) atoms. The van der Waals surface area contributed by atoms with E-state index in [4.69, 9.17) is 9.73 Å². The van der Waals surface area contributed by atoms with Crippen LogP contribution >= 0.6 is 0 Å². The van der Waals surface area contributed by atoms with E-state index < -0.39 is 5.41 Å². The molecule has 2 aliphatic heterocycles. The van der Waals surface area contributed by atoms with Crippen molar-refractivity contribution in [3.8, 4) is 44.9 Å². The van der Waals surface area contributed by atoms with Gasteiger partial charge in [0, 0.05) is 23.9 Å². The summed E-state index contributed by atoms with van der Waals surface area (Å²) in [6, 6.07) is 72.0. The van der Waals surface area contributed by atoms with Crippen molar-refractivity contribution in [1.82, 2.24) is 4.90 Å². The van der Waals surface area contributed by atoms with Crippen LogP contribution in [0.5, 0.6) is 11.5 Å². The first-order valence-electron chi connectivity index (χ1n) is 19.6. The molecule has 0 radical (unpaired) electrons. The first-order chi connectivity index (χ1) is 28.2. The lowest BCUT2D eigenvalue weighted by molar-refractivity contribution is 0.364. The number of nitrogens with zero attached hydrogens (tertiary/aromatic N) is 2. The molecule has 8 aromatic carbocycles. The number of hydrogen-bond acceptors (Lipinski definition) is 3. The van der Waals surface area contributed by atoms with Gasteiger partial charge in [-0.25, -0.2) is 0 Å². The third kappa shape index (κ3) is 5.23. The second kappa shape index (κ2) is 13.2. The topological polar surface area (TPSA) is 24.8 Å². The Bertz CT molecular complexity index is 2860. The Morgan fingerprint density at radius 1 is 0.439 bits per heavy atom. The molecular weight excluding hydrogens is 693 g/mol. The summed E-state index contributed by atoms with van der Waals surface area (Å²) < 4.78 is 6.71. The summed E-state index contributed by atoms with van der Waals surface area (Å²) in [7, 11) is 2.15. The maximum atomic E-state index is 6.71. The molecular formula is C54H38N2O. The van der Waals surface area contributed by atoms with Crippen LogP contribution in [0.15, 0.2) is 211 Å². The summed E-state index contributed by atoms with van der Waals surface area (Å²) in [5, 5.41) is 0. The molecule has 3 aliphatic rings. The quantitative estimate of drug-likeness (QED) is 0.176. The van der Waals surface area contributed by atoms with E-state index in [-0.39, 0.29) is 6.17 Å². The molecule has 0 aromatic heterocycles. The second-order valence-electron chi connectivity index (χ2n) is 15.1. The van der Waals surface area contributed by atoms with Gasteiger partial charge in [0.15, 0.2) is 0 Å². The number of hydrogen-bond donors (Lipinski definition) is 0. The number of benzene rings is 8. The van der Waals surface area contributed by atoms with Crippen LogP contribution < -0.4 is 4.74 Å². The highest BCUT2D eigenvalue weighted by atomic mass is 16.5. The smallest absolute Gasteiger partial charge is 0.147 e. The van der Waals surface area contributed by atoms with Gasteiger partial charge in [0.2, 0.25) is 0 Å². The van der Waals surface area contributed by atoms with Crippen LogP contribution in [-0.2, 0) is 5.41 Å². The minimum Gasteiger partial charge on any atom is -0.457 e. The van der Waals surface area contributed by atoms with Crippen LogP contribution in [0.4, 0.5) is 0 Å². The van der Waals surface area contributed by atoms with E-state index in [1.165, 1.54) is 33.4 Å². The molecule has 0 saturated carbocycles. The van der Waals surface area contributed by atoms with Crippen molar-refractivity contribution >= 4 is 11.4 Å². The Balaban J connectivity index is 1.01. The molecule has 11 rings (SSSR count). The average molecular weight is 731 g/mol. The molecule has 0 bridgehead atoms. The minimum absolute atomic E-state index is 0.143. The molecule has 270 valence electrons. The Morgan fingerprint density at radius 2 is 0.947 bits per heavy atom. The number of para-hydroxylation sites is 1. The monoisotopic (exact) mass is 730 g/mol. The third-order valence-corrected chi connectivity index (χ3v) is 12.0. The number of aliphatic imine (C=N–C) groups is 1. The van der Waals surface area contributed by atoms with Gasteiger partial charge in [0.25, 0.3) is 0 Å². The third-order valence-electron chi connectivity index (χ3n) is 12.0. The van der Waals surface area contributed by atoms with Crippen molar-refractivity contribution in [1.29, 1.82) is 0 Å². The van der Waals surface area contributed by atoms with Gasteiger partial charge in [0.05, 0.1) is 11.1 Å². The van der Waals surface area contributed by atoms with Gasteiger partial charge in [-0.3, -0.25) is 4.99 Å². The minimum atomic E-state index is -0.501. The number of rotatable bonds is 5. The lowest BCUT2D eigenvalue weighted by Gasteiger charge is -2.39. The highest BCUT2D eigenvalue weighted by Crippen LogP contribution is 2.62. The standard InChI is InChI=1S/C54H38N2O/c1-56-50(35-49(36-16-4-2-5-17-36)55-53(56)37-18-6-3-7-19-37)42-23-15-22-40(33-42)38-20-14-21-39(32-38)41-30-31-52-48(34-41)54(47-28-12-13-29-51(47)57-52)45-26-10-8-24-43(45)44-25-9-11-27-46(44)54/h2-35,53H,1H3. The molecule has 1 unspecified atom stereocenters. The van der Waals surface area contributed by atoms with E-state index in [9.17, 15) is 0 Å². The lowest BCUT2D eigenvalue weighted by Crippen LogP contribution is -2.32. The Morgan fingerprint density at radius 3 is 1.63 bits per heavy atom. The highest BCUT2D eigenvalue weighted by Gasteiger charge is 2.51. The van der Waals surface area contributed by atoms with Crippen molar-refractivity contribution in [2.75, 3.05) is 7.05 Å². The molecule has 1 spiro atoms. The van der Waals surface area contributed by atoms with Gasteiger partial charge < -0.3 is 9.64 Å². The van der Waals surface area contributed by atoms with E-state index in [0.29, 0.717) is 0 Å². The Labute approximate surface area is 333 Å². The lowest BCUT2D eigenvalue weighted by atomic mass is 9.66. The first kappa shape index (κ1) is 33.1. The average Bonchev–Trinajstić information content (AvgIpc) is 3.58. The molecule has 0 fully saturated rings. The molecule has 2 heterocycles. The normalized spacial score (nSPS) is 15.7. The van der Waals surface area contributed by atoms with Gasteiger partial charge in [0.1, 0.15) is 17.7 Å². The van der Waals surface area contributed by atoms with E-state index in [1.807, 2.05) is 0 Å². The van der Waals surface area contributed by atoms with E-state index >= 15 is 0 Å². The van der Waals surface area contributed by atoms with Crippen molar-refractivity contribution in [2.45, 2.75) is 11.6 Å². The molecule has 0 saturated heterocycles. The van der Waals surface area contributed by atoms with Gasteiger partial charge in [-0.05, 0) is 97.6 Å². The van der Waals surface area contributed by atoms with E-state index in [2.05, 4.69) is 218 Å². The largest absolute Gasteiger partial charge is 0.457 e. The van der Waals surface area contributed by atoms with E-state index in [1.54, 1.807) is 0 Å². The zero-order valence-corrected chi connectivity index (χ0v) is 31.5. The van der Waals surface area contributed by atoms with Crippen molar-refractivity contribution in [2.24, 2.45) is 4.99 Å². The summed E-state index contributed by atoms with van der Waals surface area (Å²) in [6.45, 7) is 0. The van der Waals surface area contributed by atoms with Crippen LogP contribution in [-0.4, -0.2) is 17.7 Å². The molecule has 0 N–H and O–H groups in total. The van der Waals surface area contributed by atoms with Gasteiger partial charge in [-0.2, -0.15) is 0 Å². The van der Waals surface area contributed by atoms with E-state index in [0.717, 1.165) is 61.9 Å². The summed E-state index contributed by atoms with van der Waals surface area (Å²) in [5.41, 5.74) is 17.1. The molecule has 1 aliphatic carbocycles. The van der Waals surface area contributed by atoms with Crippen LogP contribution in [0, 0.1) is 0 Å². The van der Waals surface area contributed by atoms with Crippen molar-refractivity contribution in [3.05, 3.63) is 245 Å². The fourth-order valence-electron chi connectivity index (χ4n) is 9.37. The molecule has 0 amide bonds. The van der Waals surface area contributed by atoms with Gasteiger partial charge >= 0.3 is 0 Å². The van der Waals surface area contributed by atoms with Crippen LogP contribution in [0.3, 0.4) is 0 Å². The second-order valence-corrected chi connectivity index (χ2v) is 15.1. The zero-order valence-electron chi connectivity index (χ0n) is 31.5. The molecule has 1 atom stereocenters. The number of ether oxygens (including phenoxy) is 1. The summed E-state index contributed by atoms with van der Waals surface area (Å²) in [5.74, 6) is 1.80. The molecule has 3 heteroatoms. The van der Waals surface area contributed by atoms with Crippen LogP contribution in [0.25, 0.3) is 39.1 Å². The Kier molecular flexibility index (Phi) is 7.68. The first-order valence-corrected chi connectivity index (χ1v) is 19.6. The molecule has 3 nitrogen and oxygen atoms in total. The fourth-order valence-corrected chi connectivity index (χ4v) is 9.37.